The van der Waals surface area contributed by atoms with Crippen LogP contribution in [0.2, 0.25) is 0 Å². The molecule has 110 valence electrons. The Balaban J connectivity index is 2.17. The molecule has 1 saturated carbocycles. The third-order valence-corrected chi connectivity index (χ3v) is 4.39. The number of hydrogen-bond acceptors (Lipinski definition) is 2. The number of nitrogens with zero attached hydrogens (tertiary/aromatic N) is 2. The zero-order chi connectivity index (χ0) is 15.0. The number of nitro groups is 1. The molecule has 0 spiro atoms. The third-order valence-electron chi connectivity index (χ3n) is 4.39. The minimum atomic E-state index is -0.325. The van der Waals surface area contributed by atoms with E-state index < -0.39 is 0 Å². The van der Waals surface area contributed by atoms with Gasteiger partial charge in [-0.25, -0.2) is 0 Å². The molecule has 1 heterocycles. The van der Waals surface area contributed by atoms with E-state index in [0.717, 1.165) is 10.9 Å². The van der Waals surface area contributed by atoms with Gasteiger partial charge in [0.25, 0.3) is 0 Å². The summed E-state index contributed by atoms with van der Waals surface area (Å²) >= 11 is 0. The molecule has 21 heavy (non-hydrogen) atoms. The van der Waals surface area contributed by atoms with E-state index >= 15 is 0 Å². The van der Waals surface area contributed by atoms with E-state index in [1.165, 1.54) is 36.8 Å². The minimum Gasteiger partial charge on any atom is -0.344 e. The van der Waals surface area contributed by atoms with Gasteiger partial charge < -0.3 is 4.57 Å². The van der Waals surface area contributed by atoms with Crippen LogP contribution in [0.3, 0.4) is 0 Å². The number of rotatable bonds is 3. The van der Waals surface area contributed by atoms with Gasteiger partial charge in [-0.2, -0.15) is 0 Å². The summed E-state index contributed by atoms with van der Waals surface area (Å²) in [4.78, 5) is 10.6. The quantitative estimate of drug-likeness (QED) is 0.605. The van der Waals surface area contributed by atoms with Crippen molar-refractivity contribution in [1.82, 2.24) is 4.57 Å². The highest BCUT2D eigenvalue weighted by Crippen LogP contribution is 2.35. The van der Waals surface area contributed by atoms with Gasteiger partial charge in [-0.1, -0.05) is 24.5 Å². The second kappa shape index (κ2) is 5.35. The van der Waals surface area contributed by atoms with Crippen LogP contribution in [0.1, 0.15) is 49.8 Å². The first kappa shape index (κ1) is 13.9. The number of fused-ring (bicyclic) bond motifs is 1. The van der Waals surface area contributed by atoms with Gasteiger partial charge in [0.1, 0.15) is 0 Å². The molecule has 1 fully saturated rings. The van der Waals surface area contributed by atoms with Gasteiger partial charge in [-0.15, -0.1) is 0 Å². The Bertz CT molecular complexity index is 722. The Hall–Kier alpha value is -2.10. The lowest BCUT2D eigenvalue weighted by molar-refractivity contribution is -0.422. The van der Waals surface area contributed by atoms with Crippen LogP contribution >= 0.6 is 0 Å². The van der Waals surface area contributed by atoms with Gasteiger partial charge in [0.15, 0.2) is 0 Å². The third kappa shape index (κ3) is 2.58. The maximum atomic E-state index is 10.9. The smallest absolute Gasteiger partial charge is 0.243 e. The molecule has 1 aromatic carbocycles. The van der Waals surface area contributed by atoms with Crippen LogP contribution in [0.5, 0.6) is 0 Å². The normalized spacial score (nSPS) is 16.8. The number of hydrogen-bond donors (Lipinski definition) is 0. The monoisotopic (exact) mass is 284 g/mol. The largest absolute Gasteiger partial charge is 0.344 e. The zero-order valence-electron chi connectivity index (χ0n) is 12.5. The van der Waals surface area contributed by atoms with E-state index in [-0.39, 0.29) is 10.6 Å². The molecule has 2 aromatic rings. The average molecular weight is 284 g/mol. The average Bonchev–Trinajstić information content (AvgIpc) is 3.06. The Morgan fingerprint density at radius 2 is 2.10 bits per heavy atom. The molecule has 0 atom stereocenters. The molecular weight excluding hydrogens is 264 g/mol. The molecule has 4 heteroatoms. The molecule has 0 radical (unpaired) electrons. The van der Waals surface area contributed by atoms with E-state index in [0.29, 0.717) is 6.04 Å². The highest BCUT2D eigenvalue weighted by atomic mass is 16.6. The van der Waals surface area contributed by atoms with Gasteiger partial charge in [0.05, 0.1) is 4.92 Å². The van der Waals surface area contributed by atoms with E-state index in [1.54, 1.807) is 13.0 Å². The fourth-order valence-electron chi connectivity index (χ4n) is 3.27. The Morgan fingerprint density at radius 1 is 1.38 bits per heavy atom. The molecule has 1 aliphatic rings. The van der Waals surface area contributed by atoms with E-state index in [4.69, 9.17) is 0 Å². The summed E-state index contributed by atoms with van der Waals surface area (Å²) in [6.07, 6.45) is 8.73. The Morgan fingerprint density at radius 3 is 2.76 bits per heavy atom. The summed E-state index contributed by atoms with van der Waals surface area (Å²) in [6.45, 7) is 3.61. The van der Waals surface area contributed by atoms with Crippen LogP contribution in [-0.4, -0.2) is 9.49 Å². The maximum absolute atomic E-state index is 10.9. The second-order valence-electron chi connectivity index (χ2n) is 5.99. The van der Waals surface area contributed by atoms with E-state index in [2.05, 4.69) is 35.9 Å². The number of benzene rings is 1. The van der Waals surface area contributed by atoms with Crippen LogP contribution in [0, 0.1) is 17.0 Å². The van der Waals surface area contributed by atoms with Gasteiger partial charge in [0, 0.05) is 41.7 Å². The molecule has 0 N–H and O–H groups in total. The molecule has 1 aliphatic carbocycles. The SMILES string of the molecule is C/C(=C\c1cn(C2CCCC2)c2ccc(C)cc12)[N+](=O)[O-]. The van der Waals surface area contributed by atoms with Crippen LogP contribution < -0.4 is 0 Å². The number of aromatic nitrogens is 1. The lowest BCUT2D eigenvalue weighted by atomic mass is 10.1. The van der Waals surface area contributed by atoms with Crippen molar-refractivity contribution in [2.45, 2.75) is 45.6 Å². The van der Waals surface area contributed by atoms with Crippen molar-refractivity contribution in [3.63, 3.8) is 0 Å². The van der Waals surface area contributed by atoms with Crippen LogP contribution in [-0.2, 0) is 0 Å². The summed E-state index contributed by atoms with van der Waals surface area (Å²) in [5.41, 5.74) is 3.51. The molecule has 3 rings (SSSR count). The van der Waals surface area contributed by atoms with Crippen LogP contribution in [0.15, 0.2) is 30.1 Å². The predicted octanol–water partition coefficient (Wildman–Crippen LogP) is 4.70. The first-order valence-electron chi connectivity index (χ1n) is 7.50. The fraction of sp³-hybridized carbons (Fsp3) is 0.412. The molecule has 0 bridgehead atoms. The van der Waals surface area contributed by atoms with Crippen molar-refractivity contribution in [3.8, 4) is 0 Å². The Kier molecular flexibility index (Phi) is 3.53. The van der Waals surface area contributed by atoms with Crippen molar-refractivity contribution in [2.24, 2.45) is 0 Å². The molecule has 4 nitrogen and oxygen atoms in total. The van der Waals surface area contributed by atoms with E-state index in [1.807, 2.05) is 0 Å². The molecule has 0 aliphatic heterocycles. The molecule has 0 unspecified atom stereocenters. The fourth-order valence-corrected chi connectivity index (χ4v) is 3.27. The Labute approximate surface area is 124 Å². The molecular formula is C17H20N2O2. The van der Waals surface area contributed by atoms with Gasteiger partial charge >= 0.3 is 0 Å². The summed E-state index contributed by atoms with van der Waals surface area (Å²) < 4.78 is 2.32. The van der Waals surface area contributed by atoms with E-state index in [9.17, 15) is 10.1 Å². The minimum absolute atomic E-state index is 0.182. The first-order valence-corrected chi connectivity index (χ1v) is 7.50. The van der Waals surface area contributed by atoms with Gasteiger partial charge in [-0.05, 0) is 31.9 Å². The standard InChI is InChI=1S/C17H20N2O2/c1-12-7-8-17-16(9-12)14(10-13(2)19(20)21)11-18(17)15-5-3-4-6-15/h7-11,15H,3-6H2,1-2H3/b13-10+. The summed E-state index contributed by atoms with van der Waals surface area (Å²) in [7, 11) is 0. The summed E-state index contributed by atoms with van der Waals surface area (Å²) in [6, 6.07) is 6.91. The van der Waals surface area contributed by atoms with Crippen LogP contribution in [0.25, 0.3) is 17.0 Å². The first-order chi connectivity index (χ1) is 10.1. The topological polar surface area (TPSA) is 48.1 Å². The molecule has 1 aromatic heterocycles. The van der Waals surface area contributed by atoms with Gasteiger partial charge in [0.2, 0.25) is 5.70 Å². The van der Waals surface area contributed by atoms with Crippen molar-refractivity contribution >= 4 is 17.0 Å². The maximum Gasteiger partial charge on any atom is 0.243 e. The summed E-state index contributed by atoms with van der Waals surface area (Å²) in [5, 5.41) is 12.0. The summed E-state index contributed by atoms with van der Waals surface area (Å²) in [5.74, 6) is 0. The van der Waals surface area contributed by atoms with Crippen molar-refractivity contribution < 1.29 is 4.92 Å². The van der Waals surface area contributed by atoms with Crippen molar-refractivity contribution in [1.29, 1.82) is 0 Å². The number of aryl methyl sites for hydroxylation is 1. The van der Waals surface area contributed by atoms with Crippen molar-refractivity contribution in [3.05, 3.63) is 51.3 Å². The number of allylic oxidation sites excluding steroid dienone is 1. The lowest BCUT2D eigenvalue weighted by Gasteiger charge is -2.13. The van der Waals surface area contributed by atoms with Crippen molar-refractivity contribution in [2.75, 3.05) is 0 Å². The predicted molar refractivity (Wildman–Crippen MR) is 84.8 cm³/mol. The van der Waals surface area contributed by atoms with Gasteiger partial charge in [-0.3, -0.25) is 10.1 Å². The lowest BCUT2D eigenvalue weighted by Crippen LogP contribution is -2.02. The molecule has 0 amide bonds. The molecule has 0 saturated heterocycles. The zero-order valence-corrected chi connectivity index (χ0v) is 12.5. The van der Waals surface area contributed by atoms with Crippen LogP contribution in [0.4, 0.5) is 0 Å². The highest BCUT2D eigenvalue weighted by molar-refractivity contribution is 5.90. The second-order valence-corrected chi connectivity index (χ2v) is 5.99. The highest BCUT2D eigenvalue weighted by Gasteiger charge is 2.20.